The van der Waals surface area contributed by atoms with Gasteiger partial charge < -0.3 is 10.3 Å². The van der Waals surface area contributed by atoms with E-state index < -0.39 is 0 Å². The SMILES string of the molecule is CC/C=C\C(=C/CC)c1[nH]c2cccc3c2c1CCC3N1CCNCC1. The average molecular weight is 350 g/mol. The minimum absolute atomic E-state index is 0.571. The van der Waals surface area contributed by atoms with Crippen LogP contribution in [-0.2, 0) is 6.42 Å². The number of benzene rings is 1. The van der Waals surface area contributed by atoms with Gasteiger partial charge >= 0.3 is 0 Å². The molecule has 3 heteroatoms. The number of aromatic amines is 1. The number of hydrogen-bond acceptors (Lipinski definition) is 2. The number of piperazine rings is 1. The summed E-state index contributed by atoms with van der Waals surface area (Å²) in [7, 11) is 0. The Morgan fingerprint density at radius 1 is 1.19 bits per heavy atom. The summed E-state index contributed by atoms with van der Waals surface area (Å²) >= 11 is 0. The number of allylic oxidation sites excluding steroid dienone is 4. The van der Waals surface area contributed by atoms with Crippen molar-refractivity contribution in [2.24, 2.45) is 0 Å². The Hall–Kier alpha value is -1.84. The largest absolute Gasteiger partial charge is 0.354 e. The quantitative estimate of drug-likeness (QED) is 0.758. The molecule has 2 N–H and O–H groups in total. The molecule has 0 spiro atoms. The number of aromatic nitrogens is 1. The predicted octanol–water partition coefficient (Wildman–Crippen LogP) is 4.82. The Balaban J connectivity index is 1.79. The number of aryl methyl sites for hydroxylation is 1. The number of H-pyrrole nitrogens is 1. The molecular formula is C23H31N3. The summed E-state index contributed by atoms with van der Waals surface area (Å²) in [6.07, 6.45) is 11.5. The molecule has 1 unspecified atom stereocenters. The number of rotatable bonds is 5. The van der Waals surface area contributed by atoms with Crippen molar-refractivity contribution in [3.8, 4) is 0 Å². The van der Waals surface area contributed by atoms with Crippen LogP contribution in [0.2, 0.25) is 0 Å². The predicted molar refractivity (Wildman–Crippen MR) is 112 cm³/mol. The van der Waals surface area contributed by atoms with Gasteiger partial charge in [-0.1, -0.05) is 44.2 Å². The number of nitrogens with one attached hydrogen (secondary N) is 2. The lowest BCUT2D eigenvalue weighted by Gasteiger charge is -2.37. The lowest BCUT2D eigenvalue weighted by atomic mass is 9.85. The van der Waals surface area contributed by atoms with Crippen LogP contribution < -0.4 is 5.32 Å². The second-order valence-corrected chi connectivity index (χ2v) is 7.47. The number of hydrogen-bond donors (Lipinski definition) is 2. The van der Waals surface area contributed by atoms with Gasteiger partial charge in [0, 0.05) is 48.8 Å². The molecule has 0 radical (unpaired) electrons. The standard InChI is InChI=1S/C23H31N3/c1-3-5-8-17(7-4-2)23-19-11-12-21(26-15-13-24-14-16-26)18-9-6-10-20(25-23)22(18)19/h5-10,21,24-25H,3-4,11-16H2,1-2H3/b8-5-,17-7+. The Morgan fingerprint density at radius 3 is 2.81 bits per heavy atom. The fourth-order valence-corrected chi connectivity index (χ4v) is 4.65. The Labute approximate surface area is 157 Å². The molecule has 26 heavy (non-hydrogen) atoms. The van der Waals surface area contributed by atoms with Crippen LogP contribution in [0.3, 0.4) is 0 Å². The van der Waals surface area contributed by atoms with E-state index in [0.29, 0.717) is 6.04 Å². The third kappa shape index (κ3) is 3.15. The van der Waals surface area contributed by atoms with Gasteiger partial charge in [-0.05, 0) is 48.4 Å². The fraction of sp³-hybridized carbons (Fsp3) is 0.478. The van der Waals surface area contributed by atoms with Crippen molar-refractivity contribution < 1.29 is 0 Å². The van der Waals surface area contributed by atoms with Gasteiger partial charge in [-0.15, -0.1) is 0 Å². The van der Waals surface area contributed by atoms with Crippen LogP contribution in [0.1, 0.15) is 56.0 Å². The van der Waals surface area contributed by atoms with E-state index >= 15 is 0 Å². The first kappa shape index (κ1) is 17.6. The van der Waals surface area contributed by atoms with Gasteiger partial charge in [-0.25, -0.2) is 0 Å². The zero-order chi connectivity index (χ0) is 17.9. The van der Waals surface area contributed by atoms with Crippen molar-refractivity contribution >= 4 is 16.5 Å². The first-order chi connectivity index (χ1) is 12.8. The second-order valence-electron chi connectivity index (χ2n) is 7.47. The van der Waals surface area contributed by atoms with E-state index in [0.717, 1.165) is 39.0 Å². The van der Waals surface area contributed by atoms with Gasteiger partial charge in [0.25, 0.3) is 0 Å². The lowest BCUT2D eigenvalue weighted by molar-refractivity contribution is 0.165. The summed E-state index contributed by atoms with van der Waals surface area (Å²) in [6.45, 7) is 8.97. The highest BCUT2D eigenvalue weighted by Gasteiger charge is 2.30. The topological polar surface area (TPSA) is 31.1 Å². The zero-order valence-corrected chi connectivity index (χ0v) is 16.1. The third-order valence-corrected chi connectivity index (χ3v) is 5.82. The molecule has 1 atom stereocenters. The summed E-state index contributed by atoms with van der Waals surface area (Å²) in [5, 5.41) is 4.98. The van der Waals surface area contributed by atoms with Crippen molar-refractivity contribution in [1.82, 2.24) is 15.2 Å². The third-order valence-electron chi connectivity index (χ3n) is 5.82. The maximum absolute atomic E-state index is 3.76. The summed E-state index contributed by atoms with van der Waals surface area (Å²) in [5.41, 5.74) is 7.06. The van der Waals surface area contributed by atoms with E-state index in [1.54, 1.807) is 0 Å². The average Bonchev–Trinajstić information content (AvgIpc) is 3.06. The number of nitrogens with zero attached hydrogens (tertiary/aromatic N) is 1. The minimum Gasteiger partial charge on any atom is -0.354 e. The first-order valence-electron chi connectivity index (χ1n) is 10.3. The van der Waals surface area contributed by atoms with Crippen LogP contribution in [0.4, 0.5) is 0 Å². The van der Waals surface area contributed by atoms with Gasteiger partial charge in [-0.3, -0.25) is 4.90 Å². The molecule has 1 aliphatic heterocycles. The minimum atomic E-state index is 0.571. The summed E-state index contributed by atoms with van der Waals surface area (Å²) < 4.78 is 0. The monoisotopic (exact) mass is 349 g/mol. The normalized spacial score (nSPS) is 21.8. The van der Waals surface area contributed by atoms with E-state index in [4.69, 9.17) is 0 Å². The molecule has 1 fully saturated rings. The van der Waals surface area contributed by atoms with Gasteiger partial charge in [-0.2, -0.15) is 0 Å². The highest BCUT2D eigenvalue weighted by atomic mass is 15.2. The van der Waals surface area contributed by atoms with Crippen molar-refractivity contribution in [2.45, 2.75) is 45.6 Å². The van der Waals surface area contributed by atoms with Crippen LogP contribution in [0.15, 0.2) is 36.4 Å². The fourth-order valence-electron chi connectivity index (χ4n) is 4.65. The molecule has 1 saturated heterocycles. The van der Waals surface area contributed by atoms with Crippen molar-refractivity contribution in [3.63, 3.8) is 0 Å². The maximum Gasteiger partial charge on any atom is 0.0494 e. The zero-order valence-electron chi connectivity index (χ0n) is 16.1. The molecule has 1 aliphatic carbocycles. The van der Waals surface area contributed by atoms with Gasteiger partial charge in [0.05, 0.1) is 0 Å². The van der Waals surface area contributed by atoms with E-state index in [1.165, 1.54) is 46.1 Å². The maximum atomic E-state index is 3.76. The molecule has 3 nitrogen and oxygen atoms in total. The summed E-state index contributed by atoms with van der Waals surface area (Å²) in [5.74, 6) is 0. The van der Waals surface area contributed by atoms with Crippen LogP contribution in [0.25, 0.3) is 16.5 Å². The van der Waals surface area contributed by atoms with E-state index in [1.807, 2.05) is 0 Å². The molecule has 0 bridgehead atoms. The molecule has 2 heterocycles. The van der Waals surface area contributed by atoms with Gasteiger partial charge in [0.1, 0.15) is 0 Å². The van der Waals surface area contributed by atoms with Crippen molar-refractivity contribution in [3.05, 3.63) is 53.2 Å². The summed E-state index contributed by atoms with van der Waals surface area (Å²) in [4.78, 5) is 6.44. The van der Waals surface area contributed by atoms with Crippen molar-refractivity contribution in [1.29, 1.82) is 0 Å². The highest BCUT2D eigenvalue weighted by Crippen LogP contribution is 2.41. The molecule has 4 rings (SSSR count). The highest BCUT2D eigenvalue weighted by molar-refractivity contribution is 5.94. The van der Waals surface area contributed by atoms with Crippen molar-refractivity contribution in [2.75, 3.05) is 26.2 Å². The van der Waals surface area contributed by atoms with Gasteiger partial charge in [0.15, 0.2) is 0 Å². The molecular weight excluding hydrogens is 318 g/mol. The molecule has 0 saturated carbocycles. The Morgan fingerprint density at radius 2 is 2.04 bits per heavy atom. The Kier molecular flexibility index (Phi) is 5.28. The molecule has 0 amide bonds. The van der Waals surface area contributed by atoms with E-state index in [9.17, 15) is 0 Å². The molecule has 138 valence electrons. The molecule has 2 aromatic rings. The Bertz CT molecular complexity index is 821. The lowest BCUT2D eigenvalue weighted by Crippen LogP contribution is -2.45. The molecule has 1 aromatic carbocycles. The van der Waals surface area contributed by atoms with Crippen LogP contribution in [-0.4, -0.2) is 36.1 Å². The van der Waals surface area contributed by atoms with Crippen LogP contribution in [0.5, 0.6) is 0 Å². The van der Waals surface area contributed by atoms with Gasteiger partial charge in [0.2, 0.25) is 0 Å². The molecule has 1 aromatic heterocycles. The summed E-state index contributed by atoms with van der Waals surface area (Å²) in [6, 6.07) is 7.41. The smallest absolute Gasteiger partial charge is 0.0494 e. The van der Waals surface area contributed by atoms with Crippen LogP contribution in [0, 0.1) is 0 Å². The van der Waals surface area contributed by atoms with E-state index in [2.05, 4.69) is 65.5 Å². The second kappa shape index (κ2) is 7.81. The first-order valence-corrected chi connectivity index (χ1v) is 10.3. The van der Waals surface area contributed by atoms with E-state index in [-0.39, 0.29) is 0 Å². The molecule has 2 aliphatic rings. The van der Waals surface area contributed by atoms with Crippen LogP contribution >= 0.6 is 0 Å².